The fraction of sp³-hybridized carbons (Fsp3) is 0.767. The summed E-state index contributed by atoms with van der Waals surface area (Å²) in [6, 6.07) is -0.636. The number of likely N-dealkylation sites (N-methyl/N-ethyl adjacent to an activating group) is 2. The number of quaternary nitrogens is 1. The van der Waals surface area contributed by atoms with E-state index < -0.39 is 48.2 Å². The summed E-state index contributed by atoms with van der Waals surface area (Å²) in [5.41, 5.74) is 0. The van der Waals surface area contributed by atoms with Gasteiger partial charge in [0.25, 0.3) is 0 Å². The Kier molecular flexibility index (Phi) is 20.8. The van der Waals surface area contributed by atoms with Crippen LogP contribution in [-0.4, -0.2) is 118 Å². The smallest absolute Gasteiger partial charge is 0.325 e. The van der Waals surface area contributed by atoms with Gasteiger partial charge in [-0.3, -0.25) is 28.9 Å². The molecule has 0 aromatic carbocycles. The van der Waals surface area contributed by atoms with Crippen LogP contribution < -0.4 is 24.0 Å². The average Bonchev–Trinajstić information content (AvgIpc) is 2.81. The predicted molar refractivity (Wildman–Crippen MR) is 156 cm³/mol. The monoisotopic (exact) mass is 711 g/mol. The van der Waals surface area contributed by atoms with E-state index >= 15 is 0 Å². The third-order valence-electron chi connectivity index (χ3n) is 6.62. The minimum absolute atomic E-state index is 0. The summed E-state index contributed by atoms with van der Waals surface area (Å²) < 4.78 is 16.6. The van der Waals surface area contributed by atoms with Crippen molar-refractivity contribution in [2.45, 2.75) is 85.2 Å². The molecule has 0 spiro atoms. The van der Waals surface area contributed by atoms with E-state index in [1.165, 1.54) is 32.7 Å². The van der Waals surface area contributed by atoms with Crippen molar-refractivity contribution in [3.8, 4) is 0 Å². The van der Waals surface area contributed by atoms with E-state index in [0.29, 0.717) is 19.3 Å². The second kappa shape index (κ2) is 20.8. The van der Waals surface area contributed by atoms with Gasteiger partial charge >= 0.3 is 17.9 Å². The van der Waals surface area contributed by atoms with Crippen LogP contribution in [0.4, 0.5) is 0 Å². The molecule has 12 heteroatoms. The zero-order chi connectivity index (χ0) is 31.9. The summed E-state index contributed by atoms with van der Waals surface area (Å²) >= 11 is 0. The Labute approximate surface area is 269 Å². The number of allylic oxidation sites excluding steroid dienone is 2. The van der Waals surface area contributed by atoms with Crippen LogP contribution in [0.2, 0.25) is 0 Å². The number of esters is 3. The number of carbonyl (C=O) groups is 5. The number of halogens is 1. The zero-order valence-electron chi connectivity index (χ0n) is 27.5. The fourth-order valence-electron chi connectivity index (χ4n) is 4.62. The first-order chi connectivity index (χ1) is 18.9. The topological polar surface area (TPSA) is 120 Å². The van der Waals surface area contributed by atoms with E-state index in [-0.39, 0.29) is 48.6 Å². The standard InChI is InChI=1S/C30H54N3O8.HI/c1-12-13-16-21(2)29(28(22(3)34)31(6)7)41-27(37)20-32(8)30(38)25(17-14-15-18-33(9,10)11)19-26(36)40-24(5)39-23(4)35;/h12-13,21,24-25,28-29H,14-20H2,1-11H3;1H/q+1;/p-1/b13-12+;/t21-,24?,25-,28-,29-;/m1./s1. The predicted octanol–water partition coefficient (Wildman–Crippen LogP) is -0.183. The van der Waals surface area contributed by atoms with E-state index in [1.807, 2.05) is 26.0 Å². The first-order valence-electron chi connectivity index (χ1n) is 14.3. The molecule has 42 heavy (non-hydrogen) atoms. The van der Waals surface area contributed by atoms with Gasteiger partial charge in [-0.1, -0.05) is 19.1 Å². The third kappa shape index (κ3) is 17.8. The number of unbranched alkanes of at least 4 members (excludes halogenated alkanes) is 1. The number of hydrogen-bond acceptors (Lipinski definition) is 9. The lowest BCUT2D eigenvalue weighted by atomic mass is 9.91. The summed E-state index contributed by atoms with van der Waals surface area (Å²) in [6.45, 7) is 8.48. The van der Waals surface area contributed by atoms with Crippen LogP contribution in [0.15, 0.2) is 12.2 Å². The van der Waals surface area contributed by atoms with Crippen molar-refractivity contribution < 1.29 is 66.6 Å². The number of hydrogen-bond donors (Lipinski definition) is 0. The van der Waals surface area contributed by atoms with Gasteiger partial charge in [0.1, 0.15) is 18.7 Å². The summed E-state index contributed by atoms with van der Waals surface area (Å²) in [4.78, 5) is 65.6. The number of rotatable bonds is 19. The van der Waals surface area contributed by atoms with Crippen LogP contribution >= 0.6 is 0 Å². The Morgan fingerprint density at radius 2 is 1.48 bits per heavy atom. The van der Waals surface area contributed by atoms with Crippen LogP contribution in [0.1, 0.15) is 66.7 Å². The molecule has 0 aliphatic carbocycles. The van der Waals surface area contributed by atoms with Gasteiger partial charge < -0.3 is 47.6 Å². The van der Waals surface area contributed by atoms with Crippen molar-refractivity contribution in [2.75, 3.05) is 55.4 Å². The molecule has 0 aromatic heterocycles. The van der Waals surface area contributed by atoms with Gasteiger partial charge in [0.2, 0.25) is 12.2 Å². The third-order valence-corrected chi connectivity index (χ3v) is 6.62. The van der Waals surface area contributed by atoms with Gasteiger partial charge in [-0.25, -0.2) is 0 Å². The van der Waals surface area contributed by atoms with Crippen LogP contribution in [0.5, 0.6) is 0 Å². The van der Waals surface area contributed by atoms with Crippen molar-refractivity contribution in [3.05, 3.63) is 12.2 Å². The largest absolute Gasteiger partial charge is 1.00 e. The normalized spacial score (nSPS) is 15.1. The van der Waals surface area contributed by atoms with E-state index in [0.717, 1.165) is 17.4 Å². The first-order valence-corrected chi connectivity index (χ1v) is 14.3. The summed E-state index contributed by atoms with van der Waals surface area (Å²) in [5.74, 6) is -3.28. The molecule has 11 nitrogen and oxygen atoms in total. The minimum Gasteiger partial charge on any atom is -1.00 e. The van der Waals surface area contributed by atoms with Crippen LogP contribution in [-0.2, 0) is 38.2 Å². The highest BCUT2D eigenvalue weighted by Crippen LogP contribution is 2.22. The van der Waals surface area contributed by atoms with Crippen LogP contribution in [0.25, 0.3) is 0 Å². The molecule has 244 valence electrons. The Hall–Kier alpha value is -2.06. The van der Waals surface area contributed by atoms with Crippen molar-refractivity contribution in [1.82, 2.24) is 9.80 Å². The highest BCUT2D eigenvalue weighted by molar-refractivity contribution is 5.87. The molecule has 0 bridgehead atoms. The average molecular weight is 712 g/mol. The van der Waals surface area contributed by atoms with E-state index in [4.69, 9.17) is 14.2 Å². The fourth-order valence-corrected chi connectivity index (χ4v) is 4.62. The highest BCUT2D eigenvalue weighted by atomic mass is 127. The maximum atomic E-state index is 13.4. The molecule has 1 amide bonds. The molecule has 0 aromatic rings. The number of ether oxygens (including phenoxy) is 3. The quantitative estimate of drug-likeness (QED) is 0.0449. The van der Waals surface area contributed by atoms with Crippen molar-refractivity contribution in [3.63, 3.8) is 0 Å². The zero-order valence-corrected chi connectivity index (χ0v) is 29.6. The van der Waals surface area contributed by atoms with Gasteiger partial charge in [-0.05, 0) is 59.5 Å². The van der Waals surface area contributed by atoms with Gasteiger partial charge in [-0.2, -0.15) is 0 Å². The molecule has 0 saturated carbocycles. The molecular formula is C30H54IN3O8. The van der Waals surface area contributed by atoms with Crippen molar-refractivity contribution in [1.29, 1.82) is 0 Å². The Morgan fingerprint density at radius 1 is 0.881 bits per heavy atom. The molecule has 5 atom stereocenters. The first kappa shape index (κ1) is 42.1. The Bertz CT molecular complexity index is 903. The van der Waals surface area contributed by atoms with E-state index in [1.54, 1.807) is 19.0 Å². The molecule has 0 aliphatic heterocycles. The molecule has 0 rings (SSSR count). The second-order valence-electron chi connectivity index (χ2n) is 12.0. The van der Waals surface area contributed by atoms with Crippen molar-refractivity contribution in [2.24, 2.45) is 11.8 Å². The van der Waals surface area contributed by atoms with Crippen molar-refractivity contribution >= 4 is 29.6 Å². The van der Waals surface area contributed by atoms with Crippen LogP contribution in [0, 0.1) is 11.8 Å². The number of carbonyl (C=O) groups excluding carboxylic acids is 5. The Morgan fingerprint density at radius 3 is 1.95 bits per heavy atom. The molecule has 0 radical (unpaired) electrons. The van der Waals surface area contributed by atoms with E-state index in [2.05, 4.69) is 21.1 Å². The molecule has 0 N–H and O–H groups in total. The minimum atomic E-state index is -1.07. The van der Waals surface area contributed by atoms with Gasteiger partial charge in [0, 0.05) is 26.8 Å². The maximum absolute atomic E-state index is 13.4. The molecule has 1 unspecified atom stereocenters. The second-order valence-corrected chi connectivity index (χ2v) is 12.0. The lowest BCUT2D eigenvalue weighted by Gasteiger charge is -2.34. The highest BCUT2D eigenvalue weighted by Gasteiger charge is 2.35. The lowest BCUT2D eigenvalue weighted by Crippen LogP contribution is -3.00. The molecule has 0 aliphatic rings. The number of nitrogens with zero attached hydrogens (tertiary/aromatic N) is 3. The maximum Gasteiger partial charge on any atom is 0.325 e. The Balaban J connectivity index is 0. The number of Topliss-reactive ketones (excluding diaryl/α,β-unsaturated/α-hetero) is 1. The summed E-state index contributed by atoms with van der Waals surface area (Å²) in [6.07, 6.45) is 4.44. The lowest BCUT2D eigenvalue weighted by molar-refractivity contribution is -0.870. The summed E-state index contributed by atoms with van der Waals surface area (Å²) in [5, 5.41) is 0. The molecule has 0 heterocycles. The molecular weight excluding hydrogens is 657 g/mol. The van der Waals surface area contributed by atoms with Gasteiger partial charge in [0.05, 0.1) is 34.1 Å². The molecule has 0 fully saturated rings. The SMILES string of the molecule is C/C=C/C[C@@H](C)[C@@H](OC(=O)CN(C)C(=O)[C@H](CCCC[N+](C)(C)C)CC(=O)OC(C)OC(C)=O)[C@@H](C(C)=O)N(C)C.[I-]. The summed E-state index contributed by atoms with van der Waals surface area (Å²) in [7, 11) is 11.2. The van der Waals surface area contributed by atoms with E-state index in [9.17, 15) is 24.0 Å². The van der Waals surface area contributed by atoms with Crippen LogP contribution in [0.3, 0.4) is 0 Å². The van der Waals surface area contributed by atoms with Gasteiger partial charge in [0.15, 0.2) is 5.78 Å². The molecule has 0 saturated heterocycles. The van der Waals surface area contributed by atoms with Gasteiger partial charge in [-0.15, -0.1) is 0 Å². The number of amides is 1. The number of ketones is 1.